The van der Waals surface area contributed by atoms with Crippen molar-refractivity contribution in [3.05, 3.63) is 0 Å². The lowest BCUT2D eigenvalue weighted by molar-refractivity contribution is -0.147. The summed E-state index contributed by atoms with van der Waals surface area (Å²) in [6.07, 6.45) is 0.784. The number of methoxy groups -OCH3 is 1. The molecule has 2 rings (SSSR count). The van der Waals surface area contributed by atoms with Gasteiger partial charge >= 0.3 is 6.09 Å². The van der Waals surface area contributed by atoms with Gasteiger partial charge in [0, 0.05) is 59.9 Å². The Morgan fingerprint density at radius 1 is 0.963 bits per heavy atom. The summed E-state index contributed by atoms with van der Waals surface area (Å²) in [5.41, 5.74) is -1.22. The van der Waals surface area contributed by atoms with Crippen LogP contribution in [0.3, 0.4) is 0 Å². The fourth-order valence-electron chi connectivity index (χ4n) is 3.70. The third-order valence-electron chi connectivity index (χ3n) is 5.26. The van der Waals surface area contributed by atoms with Crippen LogP contribution < -0.4 is 0 Å². The molecule has 2 aliphatic heterocycles. The van der Waals surface area contributed by atoms with Crippen molar-refractivity contribution in [3.8, 4) is 0 Å². The lowest BCUT2D eigenvalue weighted by atomic mass is 9.82. The summed E-state index contributed by atoms with van der Waals surface area (Å²) in [6, 6.07) is 0. The number of piperazine rings is 1. The maximum absolute atomic E-state index is 13.3. The summed E-state index contributed by atoms with van der Waals surface area (Å²) in [6.45, 7) is 10.5. The summed E-state index contributed by atoms with van der Waals surface area (Å²) < 4.78 is 10.7. The molecule has 8 nitrogen and oxygen atoms in total. The maximum atomic E-state index is 13.3. The Labute approximate surface area is 161 Å². The highest BCUT2D eigenvalue weighted by Gasteiger charge is 2.48. The number of likely N-dealkylation sites (tertiary alicyclic amines) is 1. The van der Waals surface area contributed by atoms with Crippen molar-refractivity contribution >= 4 is 17.9 Å². The fourth-order valence-corrected chi connectivity index (χ4v) is 3.70. The van der Waals surface area contributed by atoms with E-state index in [0.29, 0.717) is 58.7 Å². The van der Waals surface area contributed by atoms with Crippen LogP contribution in [0.25, 0.3) is 0 Å². The summed E-state index contributed by atoms with van der Waals surface area (Å²) in [5.74, 6) is 0.0852. The van der Waals surface area contributed by atoms with Crippen LogP contribution in [-0.4, -0.2) is 91.2 Å². The van der Waals surface area contributed by atoms with Gasteiger partial charge in [0.05, 0.1) is 5.41 Å². The largest absolute Gasteiger partial charge is 0.444 e. The van der Waals surface area contributed by atoms with Crippen LogP contribution in [0.1, 0.15) is 40.5 Å². The van der Waals surface area contributed by atoms with Crippen LogP contribution in [-0.2, 0) is 19.1 Å². The van der Waals surface area contributed by atoms with E-state index in [-0.39, 0.29) is 17.9 Å². The van der Waals surface area contributed by atoms with Gasteiger partial charge in [-0.15, -0.1) is 0 Å². The number of carbonyl (C=O) groups excluding carboxylic acids is 3. The summed E-state index contributed by atoms with van der Waals surface area (Å²) in [4.78, 5) is 42.5. The summed E-state index contributed by atoms with van der Waals surface area (Å²) >= 11 is 0. The summed E-state index contributed by atoms with van der Waals surface area (Å²) in [5, 5.41) is 0. The van der Waals surface area contributed by atoms with Gasteiger partial charge in [-0.3, -0.25) is 9.59 Å². The van der Waals surface area contributed by atoms with Gasteiger partial charge in [-0.2, -0.15) is 0 Å². The van der Waals surface area contributed by atoms with Gasteiger partial charge in [0.1, 0.15) is 5.60 Å². The Hall–Kier alpha value is -1.83. The van der Waals surface area contributed by atoms with E-state index in [4.69, 9.17) is 9.47 Å². The van der Waals surface area contributed by atoms with Gasteiger partial charge in [-0.05, 0) is 33.6 Å². The SMILES string of the molecule is COCC[C@]1(C(=O)N2CCN(C(C)=O)CC2)CCN(C(=O)OC(C)(C)C)C1. The van der Waals surface area contributed by atoms with Crippen molar-refractivity contribution in [1.82, 2.24) is 14.7 Å². The number of hydrogen-bond donors (Lipinski definition) is 0. The molecule has 154 valence electrons. The molecule has 0 radical (unpaired) electrons. The number of carbonyl (C=O) groups is 3. The van der Waals surface area contributed by atoms with Crippen LogP contribution >= 0.6 is 0 Å². The quantitative estimate of drug-likeness (QED) is 0.732. The van der Waals surface area contributed by atoms with Crippen molar-refractivity contribution in [3.63, 3.8) is 0 Å². The standard InChI is InChI=1S/C19H33N3O5/c1-15(23)20-9-11-21(12-10-20)16(24)19(7-13-26-5)6-8-22(14-19)17(25)27-18(2,3)4/h6-14H2,1-5H3/t19-/m1/s1. The van der Waals surface area contributed by atoms with Gasteiger partial charge < -0.3 is 24.2 Å². The molecule has 0 N–H and O–H groups in total. The van der Waals surface area contributed by atoms with E-state index < -0.39 is 11.0 Å². The molecule has 0 aromatic heterocycles. The first-order valence-corrected chi connectivity index (χ1v) is 9.60. The van der Waals surface area contributed by atoms with Crippen LogP contribution in [0.2, 0.25) is 0 Å². The molecular formula is C19H33N3O5. The first-order valence-electron chi connectivity index (χ1n) is 9.60. The molecule has 0 unspecified atom stereocenters. The second kappa shape index (κ2) is 8.46. The topological polar surface area (TPSA) is 79.4 Å². The molecule has 2 fully saturated rings. The van der Waals surface area contributed by atoms with Crippen molar-refractivity contribution in [2.75, 3.05) is 53.0 Å². The molecule has 0 aliphatic carbocycles. The van der Waals surface area contributed by atoms with Gasteiger partial charge in [-0.25, -0.2) is 4.79 Å². The number of amides is 3. The molecule has 0 bridgehead atoms. The zero-order valence-electron chi connectivity index (χ0n) is 17.2. The van der Waals surface area contributed by atoms with E-state index in [1.54, 1.807) is 23.8 Å². The maximum Gasteiger partial charge on any atom is 0.410 e. The molecule has 8 heteroatoms. The first kappa shape index (κ1) is 21.5. The molecule has 27 heavy (non-hydrogen) atoms. The Balaban J connectivity index is 2.07. The van der Waals surface area contributed by atoms with Crippen molar-refractivity contribution in [1.29, 1.82) is 0 Å². The van der Waals surface area contributed by atoms with E-state index in [1.807, 2.05) is 25.7 Å². The minimum absolute atomic E-state index is 0.0353. The lowest BCUT2D eigenvalue weighted by Gasteiger charge is -2.39. The van der Waals surface area contributed by atoms with Crippen LogP contribution in [0.15, 0.2) is 0 Å². The van der Waals surface area contributed by atoms with Crippen molar-refractivity contribution in [2.45, 2.75) is 46.1 Å². The monoisotopic (exact) mass is 383 g/mol. The number of rotatable bonds is 4. The predicted octanol–water partition coefficient (Wildman–Crippen LogP) is 1.34. The number of nitrogens with zero attached hydrogens (tertiary/aromatic N) is 3. The molecule has 3 amide bonds. The Bertz CT molecular complexity index is 566. The van der Waals surface area contributed by atoms with E-state index >= 15 is 0 Å². The Kier molecular flexibility index (Phi) is 6.72. The van der Waals surface area contributed by atoms with Crippen molar-refractivity contribution in [2.24, 2.45) is 5.41 Å². The van der Waals surface area contributed by atoms with Gasteiger partial charge in [0.25, 0.3) is 0 Å². The Morgan fingerprint density at radius 2 is 1.56 bits per heavy atom. The average molecular weight is 383 g/mol. The normalized spacial score (nSPS) is 23.5. The van der Waals surface area contributed by atoms with Gasteiger partial charge in [0.2, 0.25) is 11.8 Å². The van der Waals surface area contributed by atoms with Gasteiger partial charge in [-0.1, -0.05) is 0 Å². The van der Waals surface area contributed by atoms with Gasteiger partial charge in [0.15, 0.2) is 0 Å². The zero-order valence-corrected chi connectivity index (χ0v) is 17.2. The minimum atomic E-state index is -0.648. The number of ether oxygens (including phenoxy) is 2. The highest BCUT2D eigenvalue weighted by molar-refractivity contribution is 5.85. The first-order chi connectivity index (χ1) is 12.6. The highest BCUT2D eigenvalue weighted by atomic mass is 16.6. The molecular weight excluding hydrogens is 350 g/mol. The van der Waals surface area contributed by atoms with Crippen LogP contribution in [0.4, 0.5) is 4.79 Å². The van der Waals surface area contributed by atoms with Crippen molar-refractivity contribution < 1.29 is 23.9 Å². The third-order valence-corrected chi connectivity index (χ3v) is 5.26. The van der Waals surface area contributed by atoms with E-state index in [2.05, 4.69) is 0 Å². The molecule has 0 aromatic carbocycles. The molecule has 2 saturated heterocycles. The molecule has 1 atom stereocenters. The van der Waals surface area contributed by atoms with E-state index in [1.165, 1.54) is 0 Å². The number of hydrogen-bond acceptors (Lipinski definition) is 5. The predicted molar refractivity (Wildman–Crippen MR) is 100 cm³/mol. The molecule has 2 aliphatic rings. The second-order valence-electron chi connectivity index (χ2n) is 8.47. The molecule has 0 aromatic rings. The molecule has 0 saturated carbocycles. The molecule has 2 heterocycles. The average Bonchev–Trinajstić information content (AvgIpc) is 3.04. The van der Waals surface area contributed by atoms with E-state index in [9.17, 15) is 14.4 Å². The van der Waals surface area contributed by atoms with Crippen LogP contribution in [0, 0.1) is 5.41 Å². The smallest absolute Gasteiger partial charge is 0.410 e. The fraction of sp³-hybridized carbons (Fsp3) is 0.842. The van der Waals surface area contributed by atoms with E-state index in [0.717, 1.165) is 0 Å². The lowest BCUT2D eigenvalue weighted by Crippen LogP contribution is -2.55. The molecule has 0 spiro atoms. The Morgan fingerprint density at radius 3 is 2.07 bits per heavy atom. The zero-order chi connectivity index (χ0) is 20.2. The third kappa shape index (κ3) is 5.34. The highest BCUT2D eigenvalue weighted by Crippen LogP contribution is 2.37. The second-order valence-corrected chi connectivity index (χ2v) is 8.47. The minimum Gasteiger partial charge on any atom is -0.444 e. The summed E-state index contributed by atoms with van der Waals surface area (Å²) in [7, 11) is 1.62. The van der Waals surface area contributed by atoms with Crippen LogP contribution in [0.5, 0.6) is 0 Å².